The number of nitrogens with one attached hydrogen (secondary N) is 2. The van der Waals surface area contributed by atoms with Crippen LogP contribution in [0.15, 0.2) is 42.6 Å². The topological polar surface area (TPSA) is 63.2 Å². The van der Waals surface area contributed by atoms with Crippen LogP contribution in [0.5, 0.6) is 5.75 Å². The van der Waals surface area contributed by atoms with E-state index < -0.39 is 0 Å². The highest BCUT2D eigenvalue weighted by molar-refractivity contribution is 5.88. The zero-order chi connectivity index (χ0) is 15.8. The maximum Gasteiger partial charge on any atom is 0.321 e. The first-order valence-electron chi connectivity index (χ1n) is 7.36. The standard InChI is InChI=1S/C17H21N3O2/c1-3-4-14-6-9-16(10-7-14)22-12-19-17(21)20-15-8-5-13(2)18-11-15/h5-11H,3-4,12H2,1-2H3,(H2,19,20,21). The molecule has 1 heterocycles. The van der Waals surface area contributed by atoms with E-state index in [1.54, 1.807) is 12.3 Å². The van der Waals surface area contributed by atoms with Gasteiger partial charge in [-0.25, -0.2) is 4.79 Å². The smallest absolute Gasteiger partial charge is 0.321 e. The summed E-state index contributed by atoms with van der Waals surface area (Å²) in [6.07, 6.45) is 3.80. The Hall–Kier alpha value is -2.56. The molecule has 0 atom stereocenters. The largest absolute Gasteiger partial charge is 0.473 e. The van der Waals surface area contributed by atoms with Crippen molar-refractivity contribution in [2.45, 2.75) is 26.7 Å². The van der Waals surface area contributed by atoms with Crippen LogP contribution in [0, 0.1) is 6.92 Å². The van der Waals surface area contributed by atoms with E-state index in [1.165, 1.54) is 5.56 Å². The minimum Gasteiger partial charge on any atom is -0.473 e. The first-order valence-corrected chi connectivity index (χ1v) is 7.36. The van der Waals surface area contributed by atoms with Crippen molar-refractivity contribution < 1.29 is 9.53 Å². The Bertz CT molecular complexity index is 594. The third-order valence-electron chi connectivity index (χ3n) is 3.10. The Morgan fingerprint density at radius 2 is 1.95 bits per heavy atom. The summed E-state index contributed by atoms with van der Waals surface area (Å²) in [6.45, 7) is 4.15. The van der Waals surface area contributed by atoms with Gasteiger partial charge in [0.05, 0.1) is 11.9 Å². The number of nitrogens with zero attached hydrogens (tertiary/aromatic N) is 1. The van der Waals surface area contributed by atoms with Gasteiger partial charge in [0.25, 0.3) is 0 Å². The van der Waals surface area contributed by atoms with E-state index in [-0.39, 0.29) is 12.8 Å². The molecule has 5 heteroatoms. The minimum atomic E-state index is -0.326. The summed E-state index contributed by atoms with van der Waals surface area (Å²) in [5.74, 6) is 0.733. The summed E-state index contributed by atoms with van der Waals surface area (Å²) in [5, 5.41) is 5.32. The lowest BCUT2D eigenvalue weighted by Gasteiger charge is -2.10. The Morgan fingerprint density at radius 1 is 1.18 bits per heavy atom. The molecule has 116 valence electrons. The van der Waals surface area contributed by atoms with Crippen molar-refractivity contribution in [1.29, 1.82) is 0 Å². The summed E-state index contributed by atoms with van der Waals surface area (Å²) >= 11 is 0. The normalized spacial score (nSPS) is 10.1. The van der Waals surface area contributed by atoms with Crippen molar-refractivity contribution >= 4 is 11.7 Å². The van der Waals surface area contributed by atoms with Gasteiger partial charge in [-0.15, -0.1) is 0 Å². The van der Waals surface area contributed by atoms with Gasteiger partial charge in [0.15, 0.2) is 6.73 Å². The summed E-state index contributed by atoms with van der Waals surface area (Å²) < 4.78 is 5.48. The van der Waals surface area contributed by atoms with Crippen LogP contribution >= 0.6 is 0 Å². The second-order valence-corrected chi connectivity index (χ2v) is 5.00. The number of hydrogen-bond acceptors (Lipinski definition) is 3. The maximum absolute atomic E-state index is 11.7. The number of pyridine rings is 1. The van der Waals surface area contributed by atoms with E-state index in [1.807, 2.05) is 37.3 Å². The number of hydrogen-bond donors (Lipinski definition) is 2. The van der Waals surface area contributed by atoms with Crippen LogP contribution in [-0.4, -0.2) is 17.7 Å². The second kappa shape index (κ2) is 8.02. The van der Waals surface area contributed by atoms with Crippen molar-refractivity contribution in [3.05, 3.63) is 53.9 Å². The molecule has 2 N–H and O–H groups in total. The highest BCUT2D eigenvalue weighted by Crippen LogP contribution is 2.13. The minimum absolute atomic E-state index is 0.109. The van der Waals surface area contributed by atoms with Gasteiger partial charge in [0.2, 0.25) is 0 Å². The number of aryl methyl sites for hydroxylation is 2. The van der Waals surface area contributed by atoms with Crippen molar-refractivity contribution in [2.24, 2.45) is 0 Å². The maximum atomic E-state index is 11.7. The van der Waals surface area contributed by atoms with Gasteiger partial charge in [-0.05, 0) is 43.2 Å². The molecule has 0 fully saturated rings. The van der Waals surface area contributed by atoms with E-state index in [9.17, 15) is 4.79 Å². The van der Waals surface area contributed by atoms with E-state index >= 15 is 0 Å². The molecule has 1 aromatic heterocycles. The average Bonchev–Trinajstić information content (AvgIpc) is 2.52. The Morgan fingerprint density at radius 3 is 2.59 bits per heavy atom. The fourth-order valence-electron chi connectivity index (χ4n) is 1.94. The number of urea groups is 1. The van der Waals surface area contributed by atoms with Crippen LogP contribution in [0.2, 0.25) is 0 Å². The number of rotatable bonds is 6. The highest BCUT2D eigenvalue weighted by Gasteiger charge is 2.02. The van der Waals surface area contributed by atoms with Gasteiger partial charge in [0, 0.05) is 5.69 Å². The molecule has 0 aliphatic carbocycles. The fraction of sp³-hybridized carbons (Fsp3) is 0.294. The average molecular weight is 299 g/mol. The summed E-state index contributed by atoms with van der Waals surface area (Å²) in [7, 11) is 0. The number of aromatic nitrogens is 1. The molecule has 0 saturated carbocycles. The molecule has 0 saturated heterocycles. The van der Waals surface area contributed by atoms with Crippen LogP contribution in [-0.2, 0) is 6.42 Å². The fourth-order valence-corrected chi connectivity index (χ4v) is 1.94. The van der Waals surface area contributed by atoms with Gasteiger partial charge in [-0.2, -0.15) is 0 Å². The zero-order valence-electron chi connectivity index (χ0n) is 12.9. The predicted molar refractivity (Wildman–Crippen MR) is 87.1 cm³/mol. The number of anilines is 1. The Kier molecular flexibility index (Phi) is 5.77. The van der Waals surface area contributed by atoms with Gasteiger partial charge in [0.1, 0.15) is 5.75 Å². The van der Waals surface area contributed by atoms with Gasteiger partial charge in [-0.1, -0.05) is 25.5 Å². The molecular formula is C17H21N3O2. The summed E-state index contributed by atoms with van der Waals surface area (Å²) in [5.41, 5.74) is 2.83. The van der Waals surface area contributed by atoms with E-state index in [4.69, 9.17) is 4.74 Å². The van der Waals surface area contributed by atoms with Crippen LogP contribution in [0.3, 0.4) is 0 Å². The summed E-state index contributed by atoms with van der Waals surface area (Å²) in [4.78, 5) is 15.8. The first kappa shape index (κ1) is 15.8. The van der Waals surface area contributed by atoms with Crippen molar-refractivity contribution in [1.82, 2.24) is 10.3 Å². The van der Waals surface area contributed by atoms with Crippen LogP contribution in [0.25, 0.3) is 0 Å². The highest BCUT2D eigenvalue weighted by atomic mass is 16.5. The number of benzene rings is 1. The zero-order valence-corrected chi connectivity index (χ0v) is 12.9. The molecule has 1 aromatic carbocycles. The van der Waals surface area contributed by atoms with E-state index in [2.05, 4.69) is 22.5 Å². The lowest BCUT2D eigenvalue weighted by molar-refractivity contribution is 0.234. The second-order valence-electron chi connectivity index (χ2n) is 5.00. The number of ether oxygens (including phenoxy) is 1. The lowest BCUT2D eigenvalue weighted by Crippen LogP contribution is -2.32. The molecule has 2 amide bonds. The van der Waals surface area contributed by atoms with E-state index in [0.29, 0.717) is 5.69 Å². The van der Waals surface area contributed by atoms with Crippen molar-refractivity contribution in [2.75, 3.05) is 12.0 Å². The van der Waals surface area contributed by atoms with Crippen molar-refractivity contribution in [3.63, 3.8) is 0 Å². The van der Waals surface area contributed by atoms with Crippen molar-refractivity contribution in [3.8, 4) is 5.75 Å². The molecule has 5 nitrogen and oxygen atoms in total. The quantitative estimate of drug-likeness (QED) is 0.802. The number of amides is 2. The van der Waals surface area contributed by atoms with Gasteiger partial charge in [-0.3, -0.25) is 4.98 Å². The lowest BCUT2D eigenvalue weighted by atomic mass is 10.1. The monoisotopic (exact) mass is 299 g/mol. The molecule has 2 rings (SSSR count). The molecule has 22 heavy (non-hydrogen) atoms. The molecule has 2 aromatic rings. The molecule has 0 unspecified atom stereocenters. The molecule has 0 bridgehead atoms. The molecule has 0 spiro atoms. The molecule has 0 aliphatic heterocycles. The van der Waals surface area contributed by atoms with Crippen LogP contribution in [0.4, 0.5) is 10.5 Å². The Labute approximate surface area is 130 Å². The van der Waals surface area contributed by atoms with E-state index in [0.717, 1.165) is 24.3 Å². The van der Waals surface area contributed by atoms with Crippen LogP contribution in [0.1, 0.15) is 24.6 Å². The van der Waals surface area contributed by atoms with Gasteiger partial charge < -0.3 is 15.4 Å². The molecule has 0 aliphatic rings. The number of carbonyl (C=O) groups is 1. The third kappa shape index (κ3) is 5.09. The Balaban J connectivity index is 1.73. The molecule has 0 radical (unpaired) electrons. The third-order valence-corrected chi connectivity index (χ3v) is 3.10. The van der Waals surface area contributed by atoms with Gasteiger partial charge >= 0.3 is 6.03 Å². The van der Waals surface area contributed by atoms with Crippen LogP contribution < -0.4 is 15.4 Å². The molecular weight excluding hydrogens is 278 g/mol. The number of carbonyl (C=O) groups excluding carboxylic acids is 1. The SMILES string of the molecule is CCCc1ccc(OCNC(=O)Nc2ccc(C)nc2)cc1. The predicted octanol–water partition coefficient (Wildman–Crippen LogP) is 3.50. The summed E-state index contributed by atoms with van der Waals surface area (Å²) in [6, 6.07) is 11.2. The first-order chi connectivity index (χ1) is 10.7.